The molecule has 2 heterocycles. The van der Waals surface area contributed by atoms with E-state index in [1.165, 1.54) is 26.2 Å². The molecule has 37 heavy (non-hydrogen) atoms. The molecule has 0 bridgehead atoms. The largest absolute Gasteiger partial charge is 0.486 e. The minimum absolute atomic E-state index is 0.0250. The lowest BCUT2D eigenvalue weighted by Crippen LogP contribution is -2.16. The van der Waals surface area contributed by atoms with Crippen molar-refractivity contribution >= 4 is 45.9 Å². The number of primary amides is 1. The predicted octanol–water partition coefficient (Wildman–Crippen LogP) is 3.88. The van der Waals surface area contributed by atoms with Crippen molar-refractivity contribution in [1.82, 2.24) is 14.8 Å². The zero-order chi connectivity index (χ0) is 27.3. The summed E-state index contributed by atoms with van der Waals surface area (Å²) in [6.45, 7) is 3.61. The number of rotatable bonds is 10. The maximum atomic E-state index is 12.9. The molecule has 0 fully saturated rings. The van der Waals surface area contributed by atoms with Crippen molar-refractivity contribution in [2.75, 3.05) is 18.2 Å². The molecular formula is C22H22F3N5O5S2. The summed E-state index contributed by atoms with van der Waals surface area (Å²) in [5.41, 5.74) is 4.88. The van der Waals surface area contributed by atoms with Crippen molar-refractivity contribution in [3.05, 3.63) is 51.7 Å². The molecule has 10 nitrogen and oxygen atoms in total. The van der Waals surface area contributed by atoms with Crippen LogP contribution in [0, 0.1) is 6.92 Å². The van der Waals surface area contributed by atoms with Gasteiger partial charge in [-0.3, -0.25) is 9.59 Å². The third-order valence-electron chi connectivity index (χ3n) is 4.98. The maximum absolute atomic E-state index is 12.9. The van der Waals surface area contributed by atoms with Gasteiger partial charge in [-0.15, -0.1) is 21.5 Å². The standard InChI is InChI=1S/C22H22F3N5O5S2/c1-4-30-14(9-35-13-7-5-6-12(8-13)22(23,24)25)28-29-21(30)36-10-15(31)27-19-16(20(33)34-3)11(2)17(37-19)18(26)32/h5-8H,4,9-10H2,1-3H3,(H2,26,32)(H,27,31). The van der Waals surface area contributed by atoms with Gasteiger partial charge in [0.25, 0.3) is 5.91 Å². The highest BCUT2D eigenvalue weighted by Gasteiger charge is 2.30. The quantitative estimate of drug-likeness (QED) is 0.283. The smallest absolute Gasteiger partial charge is 0.416 e. The molecule has 0 radical (unpaired) electrons. The van der Waals surface area contributed by atoms with Gasteiger partial charge in [0.05, 0.1) is 28.9 Å². The monoisotopic (exact) mass is 557 g/mol. The van der Waals surface area contributed by atoms with Crippen molar-refractivity contribution in [3.8, 4) is 5.75 Å². The molecule has 0 unspecified atom stereocenters. The first kappa shape index (κ1) is 28.0. The second-order valence-electron chi connectivity index (χ2n) is 7.41. The number of methoxy groups -OCH3 is 1. The fraction of sp³-hybridized carbons (Fsp3) is 0.318. The van der Waals surface area contributed by atoms with E-state index in [9.17, 15) is 27.6 Å². The number of carbonyl (C=O) groups is 3. The first-order valence-electron chi connectivity index (χ1n) is 10.6. The number of nitrogens with zero attached hydrogens (tertiary/aromatic N) is 3. The van der Waals surface area contributed by atoms with Gasteiger partial charge in [-0.2, -0.15) is 13.2 Å². The van der Waals surface area contributed by atoms with E-state index in [0.29, 0.717) is 23.1 Å². The van der Waals surface area contributed by atoms with Gasteiger partial charge in [-0.25, -0.2) is 4.79 Å². The van der Waals surface area contributed by atoms with Gasteiger partial charge in [-0.1, -0.05) is 17.8 Å². The summed E-state index contributed by atoms with van der Waals surface area (Å²) in [4.78, 5) is 36.5. The molecule has 3 N–H and O–H groups in total. The van der Waals surface area contributed by atoms with Gasteiger partial charge in [0.15, 0.2) is 11.0 Å². The van der Waals surface area contributed by atoms with E-state index in [-0.39, 0.29) is 33.6 Å². The van der Waals surface area contributed by atoms with Crippen molar-refractivity contribution in [2.24, 2.45) is 5.73 Å². The summed E-state index contributed by atoms with van der Waals surface area (Å²) >= 11 is 1.92. The number of benzene rings is 1. The third-order valence-corrected chi connectivity index (χ3v) is 7.17. The minimum atomic E-state index is -4.49. The maximum Gasteiger partial charge on any atom is 0.416 e. The van der Waals surface area contributed by atoms with Crippen molar-refractivity contribution in [2.45, 2.75) is 38.3 Å². The van der Waals surface area contributed by atoms with E-state index in [4.69, 9.17) is 15.2 Å². The topological polar surface area (TPSA) is 138 Å². The highest BCUT2D eigenvalue weighted by Crippen LogP contribution is 2.34. The Bertz CT molecular complexity index is 1320. The fourth-order valence-corrected chi connectivity index (χ4v) is 5.12. The number of hydrogen-bond donors (Lipinski definition) is 2. The Kier molecular flexibility index (Phi) is 8.81. The number of halogens is 3. The molecule has 0 aliphatic heterocycles. The molecule has 198 valence electrons. The highest BCUT2D eigenvalue weighted by molar-refractivity contribution is 7.99. The zero-order valence-electron chi connectivity index (χ0n) is 19.8. The molecule has 2 aromatic heterocycles. The number of carbonyl (C=O) groups excluding carboxylic acids is 3. The number of esters is 1. The second kappa shape index (κ2) is 11.6. The van der Waals surface area contributed by atoms with E-state index < -0.39 is 29.5 Å². The number of anilines is 1. The third kappa shape index (κ3) is 6.60. The number of nitrogens with two attached hydrogens (primary N) is 1. The lowest BCUT2D eigenvalue weighted by Gasteiger charge is -2.11. The van der Waals surface area contributed by atoms with Gasteiger partial charge < -0.3 is 25.1 Å². The van der Waals surface area contributed by atoms with E-state index in [0.717, 1.165) is 35.2 Å². The number of ether oxygens (including phenoxy) is 2. The molecule has 3 rings (SSSR count). The Morgan fingerprint density at radius 1 is 1.24 bits per heavy atom. The lowest BCUT2D eigenvalue weighted by molar-refractivity contribution is -0.137. The Labute approximate surface area is 217 Å². The van der Waals surface area contributed by atoms with E-state index >= 15 is 0 Å². The van der Waals surface area contributed by atoms with E-state index in [1.807, 2.05) is 6.92 Å². The average molecular weight is 558 g/mol. The SMILES string of the molecule is CCn1c(COc2cccc(C(F)(F)F)c2)nnc1SCC(=O)Nc1sc(C(N)=O)c(C)c1C(=O)OC. The van der Waals surface area contributed by atoms with Crippen LogP contribution in [0.4, 0.5) is 18.2 Å². The van der Waals surface area contributed by atoms with E-state index in [1.54, 1.807) is 4.57 Å². The molecule has 1 aromatic carbocycles. The predicted molar refractivity (Wildman–Crippen MR) is 130 cm³/mol. The van der Waals surface area contributed by atoms with Crippen molar-refractivity contribution in [1.29, 1.82) is 0 Å². The van der Waals surface area contributed by atoms with Crippen molar-refractivity contribution in [3.63, 3.8) is 0 Å². The van der Waals surface area contributed by atoms with Crippen LogP contribution in [0.5, 0.6) is 5.75 Å². The molecule has 2 amide bonds. The van der Waals surface area contributed by atoms with Crippen LogP contribution in [-0.4, -0.2) is 45.4 Å². The summed E-state index contributed by atoms with van der Waals surface area (Å²) in [5, 5.41) is 11.2. The number of alkyl halides is 3. The van der Waals surface area contributed by atoms with Crippen LogP contribution < -0.4 is 15.8 Å². The van der Waals surface area contributed by atoms with Crippen LogP contribution in [0.15, 0.2) is 29.4 Å². The summed E-state index contributed by atoms with van der Waals surface area (Å²) in [5.74, 6) is -1.68. The van der Waals surface area contributed by atoms with Crippen LogP contribution in [-0.2, 0) is 28.9 Å². The Hall–Kier alpha value is -3.59. The Morgan fingerprint density at radius 2 is 1.97 bits per heavy atom. The molecule has 0 spiro atoms. The van der Waals surface area contributed by atoms with Crippen molar-refractivity contribution < 1.29 is 37.0 Å². The summed E-state index contributed by atoms with van der Waals surface area (Å²) in [6, 6.07) is 4.49. The molecule has 0 atom stereocenters. The first-order chi connectivity index (χ1) is 17.5. The Morgan fingerprint density at radius 3 is 2.59 bits per heavy atom. The molecule has 0 aliphatic rings. The molecular weight excluding hydrogens is 535 g/mol. The van der Waals surface area contributed by atoms with Crippen LogP contribution in [0.25, 0.3) is 0 Å². The van der Waals surface area contributed by atoms with E-state index in [2.05, 4.69) is 15.5 Å². The first-order valence-corrected chi connectivity index (χ1v) is 12.4. The highest BCUT2D eigenvalue weighted by atomic mass is 32.2. The lowest BCUT2D eigenvalue weighted by atomic mass is 10.1. The van der Waals surface area contributed by atoms with Gasteiger partial charge in [0.1, 0.15) is 17.4 Å². The van der Waals surface area contributed by atoms with Crippen LogP contribution in [0.1, 0.15) is 43.9 Å². The summed E-state index contributed by atoms with van der Waals surface area (Å²) in [7, 11) is 1.18. The van der Waals surface area contributed by atoms with Crippen LogP contribution in [0.2, 0.25) is 0 Å². The zero-order valence-corrected chi connectivity index (χ0v) is 21.5. The van der Waals surface area contributed by atoms with Gasteiger partial charge in [-0.05, 0) is 37.6 Å². The average Bonchev–Trinajstić information content (AvgIpc) is 3.40. The van der Waals surface area contributed by atoms with Crippen LogP contribution in [0.3, 0.4) is 0 Å². The van der Waals surface area contributed by atoms with Gasteiger partial charge >= 0.3 is 12.1 Å². The fourth-order valence-electron chi connectivity index (χ4n) is 3.24. The molecule has 0 saturated heterocycles. The summed E-state index contributed by atoms with van der Waals surface area (Å²) in [6.07, 6.45) is -4.49. The molecule has 0 saturated carbocycles. The minimum Gasteiger partial charge on any atom is -0.486 e. The van der Waals surface area contributed by atoms with Crippen LogP contribution >= 0.6 is 23.1 Å². The number of hydrogen-bond acceptors (Lipinski definition) is 9. The Balaban J connectivity index is 1.67. The number of amides is 2. The second-order valence-corrected chi connectivity index (χ2v) is 9.37. The number of nitrogens with one attached hydrogen (secondary N) is 1. The number of aromatic nitrogens is 3. The molecule has 3 aromatic rings. The molecule has 0 aliphatic carbocycles. The van der Waals surface area contributed by atoms with Gasteiger partial charge in [0.2, 0.25) is 5.91 Å². The molecule has 15 heteroatoms. The number of thiophene rings is 1. The van der Waals surface area contributed by atoms with Gasteiger partial charge in [0, 0.05) is 6.54 Å². The summed E-state index contributed by atoms with van der Waals surface area (Å²) < 4.78 is 50.6. The normalized spacial score (nSPS) is 11.3. The number of thioether (sulfide) groups is 1.